The average molecular weight is 222 g/mol. The fourth-order valence-corrected chi connectivity index (χ4v) is 1.38. The minimum atomic E-state index is 0. The summed E-state index contributed by atoms with van der Waals surface area (Å²) in [4.78, 5) is 0. The molecule has 1 unspecified atom stereocenters. The molecule has 2 nitrogen and oxygen atoms in total. The second kappa shape index (κ2) is 5.75. The molecular weight excluding hydrogens is 204 g/mol. The van der Waals surface area contributed by atoms with E-state index >= 15 is 0 Å². The van der Waals surface area contributed by atoms with Crippen molar-refractivity contribution in [3.63, 3.8) is 0 Å². The molecule has 11 heavy (non-hydrogen) atoms. The molecule has 0 saturated heterocycles. The third-order valence-corrected chi connectivity index (χ3v) is 1.90. The number of hydrogen-bond donors (Lipinski definition) is 1. The zero-order chi connectivity index (χ0) is 7.40. The Morgan fingerprint density at radius 1 is 1.45 bits per heavy atom. The highest BCUT2D eigenvalue weighted by Crippen LogP contribution is 1.87. The zero-order valence-electron chi connectivity index (χ0n) is 7.34. The van der Waals surface area contributed by atoms with Gasteiger partial charge in [-0.15, -0.1) is 22.0 Å². The Hall–Kier alpha value is 0.140. The van der Waals surface area contributed by atoms with E-state index in [9.17, 15) is 0 Å². The van der Waals surface area contributed by atoms with Gasteiger partial charge in [0.05, 0.1) is 13.1 Å². The Kier molecular flexibility index (Phi) is 5.82. The van der Waals surface area contributed by atoms with Crippen molar-refractivity contribution in [2.45, 2.75) is 20.3 Å². The van der Waals surface area contributed by atoms with Gasteiger partial charge in [-0.3, -0.25) is 0 Å². The van der Waals surface area contributed by atoms with Crippen LogP contribution in [-0.2, 0) is 0 Å². The van der Waals surface area contributed by atoms with Crippen LogP contribution in [0.1, 0.15) is 20.3 Å². The molecule has 0 aliphatic carbocycles. The Labute approximate surface area is 79.6 Å². The number of nitrogens with one attached hydrogen (secondary N) is 1. The van der Waals surface area contributed by atoms with Gasteiger partial charge in [0, 0.05) is 6.54 Å². The number of rotatable bonds is 3. The van der Waals surface area contributed by atoms with Gasteiger partial charge < -0.3 is 0 Å². The van der Waals surface area contributed by atoms with Gasteiger partial charge in [0.1, 0.15) is 6.20 Å². The van der Waals surface area contributed by atoms with Gasteiger partial charge in [-0.25, -0.2) is 5.01 Å². The quantitative estimate of drug-likeness (QED) is 0.735. The predicted octanol–water partition coefficient (Wildman–Crippen LogP) is 0.623. The summed E-state index contributed by atoms with van der Waals surface area (Å²) in [5.74, 6) is 0. The first-order chi connectivity index (χ1) is 4.88. The molecule has 0 spiro atoms. The summed E-state index contributed by atoms with van der Waals surface area (Å²) in [7, 11) is 0. The molecule has 0 saturated carbocycles. The van der Waals surface area contributed by atoms with Crippen LogP contribution in [0.4, 0.5) is 0 Å². The van der Waals surface area contributed by atoms with Crippen molar-refractivity contribution >= 4 is 17.0 Å². The lowest BCUT2D eigenvalue weighted by Crippen LogP contribution is -3.12. The fraction of sp³-hybridized carbons (Fsp3) is 0.750. The van der Waals surface area contributed by atoms with Crippen LogP contribution in [0.3, 0.4) is 0 Å². The highest BCUT2D eigenvalue weighted by Gasteiger charge is 2.17. The highest BCUT2D eigenvalue weighted by atomic mass is 79.9. The van der Waals surface area contributed by atoms with Crippen molar-refractivity contribution in [1.82, 2.24) is 5.01 Å². The fourth-order valence-electron chi connectivity index (χ4n) is 1.38. The van der Waals surface area contributed by atoms with E-state index in [2.05, 4.69) is 31.1 Å². The Bertz CT molecular complexity index is 125. The SMILES string of the molecule is Br.CCCN1CC=C[NH+]1CC. The van der Waals surface area contributed by atoms with E-state index in [1.807, 2.05) is 0 Å². The van der Waals surface area contributed by atoms with Crippen molar-refractivity contribution in [3.05, 3.63) is 12.3 Å². The van der Waals surface area contributed by atoms with Gasteiger partial charge in [0.2, 0.25) is 0 Å². The summed E-state index contributed by atoms with van der Waals surface area (Å²) in [6, 6.07) is 0. The van der Waals surface area contributed by atoms with Gasteiger partial charge in [0.15, 0.2) is 0 Å². The van der Waals surface area contributed by atoms with E-state index in [1.165, 1.54) is 24.5 Å². The first-order valence-electron chi connectivity index (χ1n) is 4.15. The summed E-state index contributed by atoms with van der Waals surface area (Å²) in [6.45, 7) is 7.98. The van der Waals surface area contributed by atoms with E-state index in [0.29, 0.717) is 0 Å². The summed E-state index contributed by atoms with van der Waals surface area (Å²) < 4.78 is 0. The first kappa shape index (κ1) is 11.1. The number of hydrogen-bond acceptors (Lipinski definition) is 1. The Morgan fingerprint density at radius 3 is 2.73 bits per heavy atom. The monoisotopic (exact) mass is 221 g/mol. The smallest absolute Gasteiger partial charge is 0.111 e. The van der Waals surface area contributed by atoms with Crippen LogP contribution in [0.5, 0.6) is 0 Å². The maximum absolute atomic E-state index is 2.44. The Balaban J connectivity index is 0.000001000. The largest absolute Gasteiger partial charge is 0.229 e. The summed E-state index contributed by atoms with van der Waals surface area (Å²) in [5, 5.41) is 3.95. The minimum absolute atomic E-state index is 0. The van der Waals surface area contributed by atoms with E-state index < -0.39 is 0 Å². The van der Waals surface area contributed by atoms with E-state index in [1.54, 1.807) is 0 Å². The van der Waals surface area contributed by atoms with Gasteiger partial charge in [-0.1, -0.05) is 6.92 Å². The molecule has 0 amide bonds. The van der Waals surface area contributed by atoms with E-state index in [-0.39, 0.29) is 17.0 Å². The van der Waals surface area contributed by atoms with Crippen LogP contribution < -0.4 is 5.01 Å². The Morgan fingerprint density at radius 2 is 2.18 bits per heavy atom. The van der Waals surface area contributed by atoms with Gasteiger partial charge in [0.25, 0.3) is 0 Å². The van der Waals surface area contributed by atoms with E-state index in [0.717, 1.165) is 6.54 Å². The predicted molar refractivity (Wildman–Crippen MR) is 52.8 cm³/mol. The van der Waals surface area contributed by atoms with Crippen LogP contribution in [0, 0.1) is 0 Å². The molecule has 1 atom stereocenters. The lowest BCUT2D eigenvalue weighted by molar-refractivity contribution is -0.962. The topological polar surface area (TPSA) is 7.68 Å². The molecule has 0 aromatic heterocycles. The second-order valence-electron chi connectivity index (χ2n) is 2.69. The average Bonchev–Trinajstić information content (AvgIpc) is 2.36. The molecule has 0 fully saturated rings. The standard InChI is InChI=1S/C8H16N2.BrH/c1-3-6-10-8-5-7-9(10)4-2;/h5,7H,3-4,6,8H2,1-2H3;1H/p+1. The molecular formula is C8H18BrN2+. The van der Waals surface area contributed by atoms with Crippen LogP contribution >= 0.6 is 17.0 Å². The molecule has 0 radical (unpaired) electrons. The molecule has 66 valence electrons. The second-order valence-corrected chi connectivity index (χ2v) is 2.69. The lowest BCUT2D eigenvalue weighted by Gasteiger charge is -2.20. The summed E-state index contributed by atoms with van der Waals surface area (Å²) in [5.41, 5.74) is 0. The van der Waals surface area contributed by atoms with E-state index in [4.69, 9.17) is 0 Å². The highest BCUT2D eigenvalue weighted by molar-refractivity contribution is 8.93. The van der Waals surface area contributed by atoms with Crippen molar-refractivity contribution in [1.29, 1.82) is 0 Å². The molecule has 1 aliphatic rings. The number of halogens is 1. The van der Waals surface area contributed by atoms with Crippen molar-refractivity contribution in [2.75, 3.05) is 19.6 Å². The van der Waals surface area contributed by atoms with Gasteiger partial charge >= 0.3 is 0 Å². The molecule has 0 bridgehead atoms. The molecule has 1 aliphatic heterocycles. The van der Waals surface area contributed by atoms with Crippen molar-refractivity contribution in [2.24, 2.45) is 0 Å². The van der Waals surface area contributed by atoms with Crippen LogP contribution in [0.25, 0.3) is 0 Å². The van der Waals surface area contributed by atoms with Gasteiger partial charge in [-0.2, -0.15) is 0 Å². The van der Waals surface area contributed by atoms with Crippen LogP contribution in [-0.4, -0.2) is 24.6 Å². The first-order valence-corrected chi connectivity index (χ1v) is 4.15. The normalized spacial score (nSPS) is 23.6. The molecule has 1 heterocycles. The summed E-state index contributed by atoms with van der Waals surface area (Å²) >= 11 is 0. The molecule has 1 N–H and O–H groups in total. The zero-order valence-corrected chi connectivity index (χ0v) is 9.05. The third kappa shape index (κ3) is 2.93. The summed E-state index contributed by atoms with van der Waals surface area (Å²) in [6.07, 6.45) is 5.75. The van der Waals surface area contributed by atoms with Crippen molar-refractivity contribution in [3.8, 4) is 0 Å². The molecule has 1 rings (SSSR count). The molecule has 0 aromatic rings. The number of quaternary nitrogens is 1. The maximum Gasteiger partial charge on any atom is 0.111 e. The lowest BCUT2D eigenvalue weighted by atomic mass is 10.4. The number of nitrogens with zero attached hydrogens (tertiary/aromatic N) is 1. The maximum atomic E-state index is 2.44. The molecule has 3 heteroatoms. The molecule has 0 aromatic carbocycles. The van der Waals surface area contributed by atoms with Crippen LogP contribution in [0.15, 0.2) is 12.3 Å². The van der Waals surface area contributed by atoms with Crippen LogP contribution in [0.2, 0.25) is 0 Å². The van der Waals surface area contributed by atoms with Gasteiger partial charge in [-0.05, 0) is 19.4 Å². The minimum Gasteiger partial charge on any atom is -0.229 e. The van der Waals surface area contributed by atoms with Crippen molar-refractivity contribution < 1.29 is 5.01 Å². The third-order valence-electron chi connectivity index (χ3n) is 1.90.